The number of hydrazine groups is 1. The number of amides is 2. The Morgan fingerprint density at radius 3 is 2.74 bits per heavy atom. The summed E-state index contributed by atoms with van der Waals surface area (Å²) in [6.07, 6.45) is -0.515. The van der Waals surface area contributed by atoms with Gasteiger partial charge in [0.25, 0.3) is 0 Å². The molecule has 126 valence electrons. The molecule has 0 radical (unpaired) electrons. The van der Waals surface area contributed by atoms with Crippen molar-refractivity contribution in [1.29, 1.82) is 0 Å². The number of carbonyl (C=O) groups is 2. The number of nitrogens with one attached hydrogen (secondary N) is 1. The Labute approximate surface area is 132 Å². The maximum absolute atomic E-state index is 14.2. The third kappa shape index (κ3) is 3.25. The molecule has 2 N–H and O–H groups in total. The number of aldehydes is 1. The van der Waals surface area contributed by atoms with Crippen molar-refractivity contribution < 1.29 is 23.8 Å². The average molecular weight is 326 g/mol. The van der Waals surface area contributed by atoms with Gasteiger partial charge in [0.1, 0.15) is 6.17 Å². The molecule has 1 aliphatic heterocycles. The van der Waals surface area contributed by atoms with Crippen LogP contribution in [0, 0.1) is 5.82 Å². The van der Waals surface area contributed by atoms with E-state index in [9.17, 15) is 19.1 Å². The number of hydrogen-bond acceptors (Lipinski definition) is 6. The highest BCUT2D eigenvalue weighted by Crippen LogP contribution is 2.27. The van der Waals surface area contributed by atoms with Crippen LogP contribution >= 0.6 is 0 Å². The topological polar surface area (TPSA) is 95.0 Å². The minimum atomic E-state index is -0.848. The number of likely N-dealkylation sites (N-methyl/N-ethyl adjacent to an activating group) is 1. The van der Waals surface area contributed by atoms with Crippen molar-refractivity contribution in [2.24, 2.45) is 0 Å². The van der Waals surface area contributed by atoms with Gasteiger partial charge >= 0.3 is 6.03 Å². The maximum Gasteiger partial charge on any atom is 0.342 e. The first-order valence-electron chi connectivity index (χ1n) is 7.23. The lowest BCUT2D eigenvalue weighted by atomic mass is 10.2. The van der Waals surface area contributed by atoms with Crippen molar-refractivity contribution >= 4 is 18.1 Å². The molecular weight excluding hydrogens is 307 g/mol. The Kier molecular flexibility index (Phi) is 5.12. The number of rotatable bonds is 6. The summed E-state index contributed by atoms with van der Waals surface area (Å²) < 4.78 is 19.6. The highest BCUT2D eigenvalue weighted by atomic mass is 19.1. The lowest BCUT2D eigenvalue weighted by Gasteiger charge is -2.18. The Morgan fingerprint density at radius 1 is 1.57 bits per heavy atom. The van der Waals surface area contributed by atoms with Crippen molar-refractivity contribution in [3.63, 3.8) is 0 Å². The monoisotopic (exact) mass is 326 g/mol. The molecular formula is C14H19FN4O4. The molecule has 8 nitrogen and oxygen atoms in total. The van der Waals surface area contributed by atoms with E-state index < -0.39 is 18.0 Å². The Balaban J connectivity index is 2.43. The molecule has 1 aromatic heterocycles. The number of carbonyl (C=O) groups excluding carboxylic acids is 2. The summed E-state index contributed by atoms with van der Waals surface area (Å²) in [6.45, 7) is 5.20. The molecule has 0 bridgehead atoms. The van der Waals surface area contributed by atoms with Gasteiger partial charge in [-0.3, -0.25) is 4.79 Å². The van der Waals surface area contributed by atoms with Gasteiger partial charge in [-0.25, -0.2) is 14.2 Å². The van der Waals surface area contributed by atoms with Gasteiger partial charge in [-0.1, -0.05) is 0 Å². The lowest BCUT2D eigenvalue weighted by molar-refractivity contribution is 0.111. The van der Waals surface area contributed by atoms with E-state index in [1.54, 1.807) is 20.8 Å². The summed E-state index contributed by atoms with van der Waals surface area (Å²) in [5.74, 6) is -1.22. The molecule has 0 spiro atoms. The minimum absolute atomic E-state index is 0.0438. The average Bonchev–Trinajstić information content (AvgIpc) is 2.83. The van der Waals surface area contributed by atoms with Gasteiger partial charge in [0.05, 0.1) is 18.3 Å². The van der Waals surface area contributed by atoms with E-state index in [0.717, 1.165) is 11.1 Å². The van der Waals surface area contributed by atoms with Crippen molar-refractivity contribution in [2.75, 3.05) is 18.2 Å². The number of pyridine rings is 1. The number of nitrogens with zero attached hydrogens (tertiary/aromatic N) is 3. The van der Waals surface area contributed by atoms with Crippen LogP contribution in [-0.2, 0) is 0 Å². The molecule has 0 aliphatic carbocycles. The molecule has 1 aliphatic rings. The van der Waals surface area contributed by atoms with E-state index in [4.69, 9.17) is 4.74 Å². The Hall–Kier alpha value is -2.26. The van der Waals surface area contributed by atoms with E-state index in [0.29, 0.717) is 12.8 Å². The van der Waals surface area contributed by atoms with Gasteiger partial charge in [-0.15, -0.1) is 0 Å². The summed E-state index contributed by atoms with van der Waals surface area (Å²) >= 11 is 0. The molecule has 2 amide bonds. The van der Waals surface area contributed by atoms with Crippen molar-refractivity contribution in [2.45, 2.75) is 33.0 Å². The van der Waals surface area contributed by atoms with Crippen LogP contribution in [-0.4, -0.2) is 52.7 Å². The van der Waals surface area contributed by atoms with Crippen LogP contribution in [0.15, 0.2) is 6.07 Å². The summed E-state index contributed by atoms with van der Waals surface area (Å²) in [4.78, 5) is 28.6. The van der Waals surface area contributed by atoms with E-state index in [1.165, 1.54) is 4.90 Å². The molecule has 0 aromatic carbocycles. The molecule has 1 aromatic rings. The van der Waals surface area contributed by atoms with Gasteiger partial charge in [0.2, 0.25) is 5.88 Å². The van der Waals surface area contributed by atoms with Crippen molar-refractivity contribution in [3.05, 3.63) is 17.4 Å². The number of aromatic nitrogens is 1. The lowest BCUT2D eigenvalue weighted by Crippen LogP contribution is -2.41. The molecule has 0 saturated carbocycles. The highest BCUT2D eigenvalue weighted by molar-refractivity contribution is 5.93. The molecule has 1 saturated heterocycles. The van der Waals surface area contributed by atoms with Crippen LogP contribution in [0.5, 0.6) is 5.88 Å². The second-order valence-electron chi connectivity index (χ2n) is 5.20. The first kappa shape index (κ1) is 17.1. The maximum atomic E-state index is 14.2. The zero-order chi connectivity index (χ0) is 17.1. The minimum Gasteiger partial charge on any atom is -0.474 e. The third-order valence-electron chi connectivity index (χ3n) is 3.24. The SMILES string of the molecule is CCN1C(=O)N(c2nc(OC(C)C)c(C=O)cc2F)NC1CO. The summed E-state index contributed by atoms with van der Waals surface area (Å²) in [5.41, 5.74) is 2.64. The van der Waals surface area contributed by atoms with E-state index in [1.807, 2.05) is 0 Å². The second-order valence-corrected chi connectivity index (χ2v) is 5.20. The van der Waals surface area contributed by atoms with Crippen molar-refractivity contribution in [3.8, 4) is 5.88 Å². The molecule has 2 rings (SSSR count). The standard InChI is InChI=1S/C14H19FN4O4/c1-4-18-11(7-21)17-19(14(18)22)12-10(15)5-9(6-20)13(16-12)23-8(2)3/h5-6,8,11,17,21H,4,7H2,1-3H3. The number of urea groups is 1. The predicted octanol–water partition coefficient (Wildman–Crippen LogP) is 0.905. The van der Waals surface area contributed by atoms with Crippen LogP contribution in [0.25, 0.3) is 0 Å². The van der Waals surface area contributed by atoms with Crippen LogP contribution in [0.3, 0.4) is 0 Å². The summed E-state index contributed by atoms with van der Waals surface area (Å²) in [6, 6.07) is 0.414. The molecule has 9 heteroatoms. The predicted molar refractivity (Wildman–Crippen MR) is 79.6 cm³/mol. The van der Waals surface area contributed by atoms with E-state index in [2.05, 4.69) is 10.4 Å². The normalized spacial score (nSPS) is 18.0. The molecule has 1 atom stereocenters. The van der Waals surface area contributed by atoms with Gasteiger partial charge in [-0.2, -0.15) is 10.4 Å². The van der Waals surface area contributed by atoms with Crippen LogP contribution in [0.1, 0.15) is 31.1 Å². The summed E-state index contributed by atoms with van der Waals surface area (Å²) in [7, 11) is 0. The van der Waals surface area contributed by atoms with Crippen LogP contribution in [0.4, 0.5) is 15.0 Å². The third-order valence-corrected chi connectivity index (χ3v) is 3.24. The molecule has 1 unspecified atom stereocenters. The quantitative estimate of drug-likeness (QED) is 0.755. The van der Waals surface area contributed by atoms with Gasteiger partial charge in [0, 0.05) is 6.54 Å². The zero-order valence-corrected chi connectivity index (χ0v) is 13.1. The first-order chi connectivity index (χ1) is 10.9. The Bertz CT molecular complexity index is 611. The first-order valence-corrected chi connectivity index (χ1v) is 7.23. The van der Waals surface area contributed by atoms with E-state index >= 15 is 0 Å². The molecule has 2 heterocycles. The smallest absolute Gasteiger partial charge is 0.342 e. The number of aliphatic hydroxyl groups excluding tert-OH is 1. The fraction of sp³-hybridized carbons (Fsp3) is 0.500. The fourth-order valence-electron chi connectivity index (χ4n) is 2.22. The van der Waals surface area contributed by atoms with Crippen LogP contribution < -0.4 is 15.2 Å². The highest BCUT2D eigenvalue weighted by Gasteiger charge is 2.38. The number of hydrogen-bond donors (Lipinski definition) is 2. The number of aliphatic hydroxyl groups is 1. The van der Waals surface area contributed by atoms with Gasteiger partial charge in [-0.05, 0) is 26.8 Å². The van der Waals surface area contributed by atoms with Crippen molar-refractivity contribution in [1.82, 2.24) is 15.3 Å². The molecule has 1 fully saturated rings. The number of halogens is 1. The number of anilines is 1. The Morgan fingerprint density at radius 2 is 2.26 bits per heavy atom. The fourth-order valence-corrected chi connectivity index (χ4v) is 2.22. The molecule has 23 heavy (non-hydrogen) atoms. The number of ether oxygens (including phenoxy) is 1. The van der Waals surface area contributed by atoms with E-state index in [-0.39, 0.29) is 30.0 Å². The van der Waals surface area contributed by atoms with Crippen LogP contribution in [0.2, 0.25) is 0 Å². The largest absolute Gasteiger partial charge is 0.474 e. The second kappa shape index (κ2) is 6.88. The zero-order valence-electron chi connectivity index (χ0n) is 13.1. The van der Waals surface area contributed by atoms with Gasteiger partial charge < -0.3 is 14.7 Å². The summed E-state index contributed by atoms with van der Waals surface area (Å²) in [5, 5.41) is 10.2. The van der Waals surface area contributed by atoms with Gasteiger partial charge in [0.15, 0.2) is 17.9 Å².